The zero-order valence-electron chi connectivity index (χ0n) is 7.92. The lowest BCUT2D eigenvalue weighted by Gasteiger charge is -2.08. The third-order valence-electron chi connectivity index (χ3n) is 2.34. The van der Waals surface area contributed by atoms with Crippen LogP contribution in [0.3, 0.4) is 0 Å². The largest absolute Gasteiger partial charge is 0.491 e. The predicted octanol–water partition coefficient (Wildman–Crippen LogP) is 2.37. The Balaban J connectivity index is 2.03. The molecule has 0 spiro atoms. The Bertz CT molecular complexity index is 305. The molecule has 1 aliphatic carbocycles. The van der Waals surface area contributed by atoms with Gasteiger partial charge < -0.3 is 10.5 Å². The first-order chi connectivity index (χ1) is 6.25. The number of nitrogens with two attached hydrogens (primary N) is 1. The van der Waals surface area contributed by atoms with Crippen LogP contribution in [0.5, 0.6) is 5.75 Å². The summed E-state index contributed by atoms with van der Waals surface area (Å²) >= 11 is 0. The van der Waals surface area contributed by atoms with E-state index in [2.05, 4.69) is 0 Å². The number of aryl methyl sites for hydroxylation is 1. The smallest absolute Gasteiger partial charge is 0.142 e. The van der Waals surface area contributed by atoms with E-state index in [1.807, 2.05) is 25.1 Å². The van der Waals surface area contributed by atoms with E-state index in [-0.39, 0.29) is 0 Å². The topological polar surface area (TPSA) is 35.2 Å². The monoisotopic (exact) mass is 177 g/mol. The molecular formula is C11H15NO. The molecular weight excluding hydrogens is 162 g/mol. The lowest BCUT2D eigenvalue weighted by molar-refractivity contribution is 0.301. The number of hydrogen-bond donors (Lipinski definition) is 1. The highest BCUT2D eigenvalue weighted by Gasteiger charge is 2.22. The molecule has 0 aromatic heterocycles. The number of rotatable bonds is 3. The maximum atomic E-state index is 5.77. The quantitative estimate of drug-likeness (QED) is 0.719. The van der Waals surface area contributed by atoms with Crippen LogP contribution in [0.4, 0.5) is 5.69 Å². The molecule has 70 valence electrons. The second-order valence-corrected chi connectivity index (χ2v) is 3.80. The fourth-order valence-corrected chi connectivity index (χ4v) is 1.26. The molecule has 0 unspecified atom stereocenters. The second kappa shape index (κ2) is 3.29. The standard InChI is InChI=1S/C11H15NO/c1-8-2-5-10(12)11(6-8)13-7-9-3-4-9/h2,5-6,9H,3-4,7,12H2,1H3. The predicted molar refractivity (Wildman–Crippen MR) is 53.8 cm³/mol. The molecule has 0 saturated heterocycles. The van der Waals surface area contributed by atoms with Gasteiger partial charge in [0.15, 0.2) is 0 Å². The minimum atomic E-state index is 0.742. The Morgan fingerprint density at radius 3 is 2.92 bits per heavy atom. The zero-order chi connectivity index (χ0) is 9.26. The third-order valence-corrected chi connectivity index (χ3v) is 2.34. The van der Waals surface area contributed by atoms with Crippen molar-refractivity contribution in [3.63, 3.8) is 0 Å². The van der Waals surface area contributed by atoms with E-state index >= 15 is 0 Å². The molecule has 2 rings (SSSR count). The molecule has 2 heteroatoms. The summed E-state index contributed by atoms with van der Waals surface area (Å²) in [6, 6.07) is 5.90. The van der Waals surface area contributed by atoms with Gasteiger partial charge in [-0.2, -0.15) is 0 Å². The van der Waals surface area contributed by atoms with Crippen LogP contribution in [0.25, 0.3) is 0 Å². The van der Waals surface area contributed by atoms with Crippen molar-refractivity contribution in [1.29, 1.82) is 0 Å². The van der Waals surface area contributed by atoms with Crippen molar-refractivity contribution in [2.75, 3.05) is 12.3 Å². The van der Waals surface area contributed by atoms with Crippen molar-refractivity contribution in [1.82, 2.24) is 0 Å². The van der Waals surface area contributed by atoms with Gasteiger partial charge in [0.1, 0.15) is 5.75 Å². The summed E-state index contributed by atoms with van der Waals surface area (Å²) in [5.41, 5.74) is 7.71. The highest BCUT2D eigenvalue weighted by molar-refractivity contribution is 5.53. The molecule has 0 radical (unpaired) electrons. The summed E-state index contributed by atoms with van der Waals surface area (Å²) in [7, 11) is 0. The van der Waals surface area contributed by atoms with Crippen molar-refractivity contribution in [3.8, 4) is 5.75 Å². The van der Waals surface area contributed by atoms with Gasteiger partial charge in [-0.05, 0) is 43.4 Å². The molecule has 1 fully saturated rings. The number of nitrogen functional groups attached to an aromatic ring is 1. The number of anilines is 1. The third kappa shape index (κ3) is 2.14. The Kier molecular flexibility index (Phi) is 2.13. The molecule has 1 aromatic rings. The van der Waals surface area contributed by atoms with Crippen molar-refractivity contribution >= 4 is 5.69 Å². The molecule has 1 aromatic carbocycles. The second-order valence-electron chi connectivity index (χ2n) is 3.80. The summed E-state index contributed by atoms with van der Waals surface area (Å²) in [4.78, 5) is 0. The SMILES string of the molecule is Cc1ccc(N)c(OCC2CC2)c1. The molecule has 0 heterocycles. The molecule has 0 amide bonds. The molecule has 1 aliphatic rings. The summed E-state index contributed by atoms with van der Waals surface area (Å²) in [5, 5.41) is 0. The van der Waals surface area contributed by atoms with Crippen LogP contribution in [-0.4, -0.2) is 6.61 Å². The van der Waals surface area contributed by atoms with Gasteiger partial charge in [0.2, 0.25) is 0 Å². The van der Waals surface area contributed by atoms with Gasteiger partial charge in [-0.25, -0.2) is 0 Å². The molecule has 2 nitrogen and oxygen atoms in total. The highest BCUT2D eigenvalue weighted by atomic mass is 16.5. The van der Waals surface area contributed by atoms with Gasteiger partial charge in [0.25, 0.3) is 0 Å². The molecule has 0 aliphatic heterocycles. The van der Waals surface area contributed by atoms with Gasteiger partial charge in [0.05, 0.1) is 12.3 Å². The van der Waals surface area contributed by atoms with Crippen LogP contribution < -0.4 is 10.5 Å². The summed E-state index contributed by atoms with van der Waals surface area (Å²) in [6.07, 6.45) is 2.62. The first-order valence-corrected chi connectivity index (χ1v) is 4.74. The van der Waals surface area contributed by atoms with E-state index in [0.29, 0.717) is 0 Å². The van der Waals surface area contributed by atoms with Gasteiger partial charge in [-0.1, -0.05) is 6.07 Å². The van der Waals surface area contributed by atoms with E-state index in [1.165, 1.54) is 18.4 Å². The fourth-order valence-electron chi connectivity index (χ4n) is 1.26. The van der Waals surface area contributed by atoms with Gasteiger partial charge >= 0.3 is 0 Å². The highest BCUT2D eigenvalue weighted by Crippen LogP contribution is 2.31. The maximum Gasteiger partial charge on any atom is 0.142 e. The average molecular weight is 177 g/mol. The van der Waals surface area contributed by atoms with Crippen LogP contribution in [0.1, 0.15) is 18.4 Å². The van der Waals surface area contributed by atoms with Gasteiger partial charge in [-0.3, -0.25) is 0 Å². The van der Waals surface area contributed by atoms with Gasteiger partial charge in [-0.15, -0.1) is 0 Å². The van der Waals surface area contributed by atoms with E-state index in [9.17, 15) is 0 Å². The summed E-state index contributed by atoms with van der Waals surface area (Å²) in [5.74, 6) is 1.62. The van der Waals surface area contributed by atoms with E-state index in [0.717, 1.165) is 24.0 Å². The first kappa shape index (κ1) is 8.42. The van der Waals surface area contributed by atoms with E-state index in [1.54, 1.807) is 0 Å². The summed E-state index contributed by atoms with van der Waals surface area (Å²) < 4.78 is 5.62. The maximum absolute atomic E-state index is 5.77. The van der Waals surface area contributed by atoms with Crippen molar-refractivity contribution < 1.29 is 4.74 Å². The van der Waals surface area contributed by atoms with Crippen LogP contribution >= 0.6 is 0 Å². The van der Waals surface area contributed by atoms with Gasteiger partial charge in [0, 0.05) is 0 Å². The van der Waals surface area contributed by atoms with E-state index in [4.69, 9.17) is 10.5 Å². The van der Waals surface area contributed by atoms with Crippen LogP contribution in [0, 0.1) is 12.8 Å². The Morgan fingerprint density at radius 1 is 1.46 bits per heavy atom. The van der Waals surface area contributed by atoms with Crippen LogP contribution in [0.15, 0.2) is 18.2 Å². The minimum absolute atomic E-state index is 0.742. The number of ether oxygens (including phenoxy) is 1. The Morgan fingerprint density at radius 2 is 2.23 bits per heavy atom. The lowest BCUT2D eigenvalue weighted by atomic mass is 10.2. The first-order valence-electron chi connectivity index (χ1n) is 4.74. The van der Waals surface area contributed by atoms with Crippen LogP contribution in [-0.2, 0) is 0 Å². The average Bonchev–Trinajstić information content (AvgIpc) is 2.90. The normalized spacial score (nSPS) is 15.8. The molecule has 0 atom stereocenters. The van der Waals surface area contributed by atoms with E-state index < -0.39 is 0 Å². The Hall–Kier alpha value is -1.18. The molecule has 0 bridgehead atoms. The Labute approximate surface area is 78.7 Å². The minimum Gasteiger partial charge on any atom is -0.491 e. The fraction of sp³-hybridized carbons (Fsp3) is 0.455. The number of hydrogen-bond acceptors (Lipinski definition) is 2. The van der Waals surface area contributed by atoms with Crippen LogP contribution in [0.2, 0.25) is 0 Å². The molecule has 1 saturated carbocycles. The van der Waals surface area contributed by atoms with Crippen molar-refractivity contribution in [2.24, 2.45) is 5.92 Å². The molecule has 2 N–H and O–H groups in total. The van der Waals surface area contributed by atoms with Crippen molar-refractivity contribution in [3.05, 3.63) is 23.8 Å². The zero-order valence-corrected chi connectivity index (χ0v) is 7.92. The lowest BCUT2D eigenvalue weighted by Crippen LogP contribution is -2.01. The van der Waals surface area contributed by atoms with Crippen molar-refractivity contribution in [2.45, 2.75) is 19.8 Å². The number of benzene rings is 1. The summed E-state index contributed by atoms with van der Waals surface area (Å²) in [6.45, 7) is 2.87. The molecule has 13 heavy (non-hydrogen) atoms.